The zero-order chi connectivity index (χ0) is 10.8. The Labute approximate surface area is 104 Å². The van der Waals surface area contributed by atoms with E-state index in [0.717, 1.165) is 10.6 Å². The van der Waals surface area contributed by atoms with E-state index in [0.29, 0.717) is 0 Å². The predicted octanol–water partition coefficient (Wildman–Crippen LogP) is 4.96. The normalized spacial score (nSPS) is 13.1. The molecule has 0 atom stereocenters. The van der Waals surface area contributed by atoms with Gasteiger partial charge in [-0.2, -0.15) is 0 Å². The van der Waals surface area contributed by atoms with Crippen LogP contribution in [0.25, 0.3) is 5.03 Å². The first-order valence-electron chi connectivity index (χ1n) is 4.52. The highest BCUT2D eigenvalue weighted by Gasteiger charge is 2.12. The van der Waals surface area contributed by atoms with Crippen molar-refractivity contribution in [2.75, 3.05) is 0 Å². The highest BCUT2D eigenvalue weighted by molar-refractivity contribution is 14.1. The SMILES string of the molecule is CC(C)(C)c1ccc(/C(Cl)=C\I)cc1. The van der Waals surface area contributed by atoms with Gasteiger partial charge in [0.25, 0.3) is 0 Å². The molecule has 0 bridgehead atoms. The third kappa shape index (κ3) is 2.99. The molecule has 0 nitrogen and oxygen atoms in total. The van der Waals surface area contributed by atoms with Crippen LogP contribution in [0, 0.1) is 0 Å². The van der Waals surface area contributed by atoms with Gasteiger partial charge in [0.2, 0.25) is 0 Å². The largest absolute Gasteiger partial charge is 0.0832 e. The molecule has 0 fully saturated rings. The lowest BCUT2D eigenvalue weighted by Crippen LogP contribution is -2.10. The zero-order valence-corrected chi connectivity index (χ0v) is 11.6. The molecule has 0 saturated carbocycles. The lowest BCUT2D eigenvalue weighted by Gasteiger charge is -2.19. The summed E-state index contributed by atoms with van der Waals surface area (Å²) >= 11 is 8.16. The minimum absolute atomic E-state index is 0.207. The van der Waals surface area contributed by atoms with E-state index in [1.807, 2.05) is 4.08 Å². The van der Waals surface area contributed by atoms with E-state index >= 15 is 0 Å². The van der Waals surface area contributed by atoms with Crippen LogP contribution >= 0.6 is 34.2 Å². The number of hydrogen-bond acceptors (Lipinski definition) is 0. The fourth-order valence-corrected chi connectivity index (χ4v) is 1.68. The Morgan fingerprint density at radius 2 is 1.71 bits per heavy atom. The molecule has 1 aromatic rings. The first-order chi connectivity index (χ1) is 6.45. The van der Waals surface area contributed by atoms with Gasteiger partial charge < -0.3 is 0 Å². The van der Waals surface area contributed by atoms with E-state index in [4.69, 9.17) is 11.6 Å². The van der Waals surface area contributed by atoms with Crippen LogP contribution in [0.3, 0.4) is 0 Å². The lowest BCUT2D eigenvalue weighted by atomic mass is 9.87. The minimum atomic E-state index is 0.207. The van der Waals surface area contributed by atoms with Gasteiger partial charge in [0.1, 0.15) is 0 Å². The van der Waals surface area contributed by atoms with Gasteiger partial charge in [-0.15, -0.1) is 0 Å². The van der Waals surface area contributed by atoms with Crippen molar-refractivity contribution < 1.29 is 0 Å². The molecule has 0 aliphatic rings. The Morgan fingerprint density at radius 3 is 2.07 bits per heavy atom. The Hall–Kier alpha value is -0.0200. The smallest absolute Gasteiger partial charge is 0.0538 e. The van der Waals surface area contributed by atoms with Crippen molar-refractivity contribution in [3.05, 3.63) is 39.5 Å². The molecule has 0 radical (unpaired) electrons. The van der Waals surface area contributed by atoms with E-state index in [9.17, 15) is 0 Å². The van der Waals surface area contributed by atoms with Crippen LogP contribution < -0.4 is 0 Å². The van der Waals surface area contributed by atoms with E-state index in [1.54, 1.807) is 0 Å². The first-order valence-corrected chi connectivity index (χ1v) is 6.14. The molecule has 0 amide bonds. The Bertz CT molecular complexity index is 330. The van der Waals surface area contributed by atoms with Gasteiger partial charge in [-0.25, -0.2) is 0 Å². The molecule has 1 rings (SSSR count). The van der Waals surface area contributed by atoms with Crippen LogP contribution in [0.5, 0.6) is 0 Å². The third-order valence-corrected chi connectivity index (χ3v) is 3.44. The number of rotatable bonds is 1. The second-order valence-electron chi connectivity index (χ2n) is 4.28. The molecule has 14 heavy (non-hydrogen) atoms. The molecule has 0 heterocycles. The van der Waals surface area contributed by atoms with E-state index in [1.165, 1.54) is 5.56 Å². The molecule has 1 aromatic carbocycles. The summed E-state index contributed by atoms with van der Waals surface area (Å²) in [6, 6.07) is 8.41. The van der Waals surface area contributed by atoms with Crippen molar-refractivity contribution in [1.29, 1.82) is 0 Å². The monoisotopic (exact) mass is 320 g/mol. The van der Waals surface area contributed by atoms with Gasteiger partial charge in [0.05, 0.1) is 5.03 Å². The van der Waals surface area contributed by atoms with Gasteiger partial charge in [0.15, 0.2) is 0 Å². The summed E-state index contributed by atoms with van der Waals surface area (Å²) in [5, 5.41) is 0.797. The molecule has 0 aliphatic heterocycles. The van der Waals surface area contributed by atoms with Gasteiger partial charge >= 0.3 is 0 Å². The number of hydrogen-bond donors (Lipinski definition) is 0. The van der Waals surface area contributed by atoms with E-state index < -0.39 is 0 Å². The molecule has 0 spiro atoms. The Kier molecular flexibility index (Phi) is 4.02. The van der Waals surface area contributed by atoms with Crippen molar-refractivity contribution in [2.45, 2.75) is 26.2 Å². The van der Waals surface area contributed by atoms with Crippen LogP contribution in [0.2, 0.25) is 0 Å². The number of halogens is 2. The summed E-state index contributed by atoms with van der Waals surface area (Å²) in [5.41, 5.74) is 2.62. The standard InChI is InChI=1S/C12H14ClI/c1-12(2,3)10-6-4-9(5-7-10)11(13)8-14/h4-8H,1-3H3/b11-8+. The molecule has 0 aliphatic carbocycles. The molecular formula is C12H14ClI. The maximum atomic E-state index is 6.01. The van der Waals surface area contributed by atoms with Crippen LogP contribution in [-0.2, 0) is 5.41 Å². The molecule has 0 unspecified atom stereocenters. The molecule has 0 saturated heterocycles. The quantitative estimate of drug-likeness (QED) is 0.642. The Balaban J connectivity index is 3.01. The minimum Gasteiger partial charge on any atom is -0.0832 e. The van der Waals surface area contributed by atoms with Crippen LogP contribution in [0.15, 0.2) is 28.3 Å². The molecule has 76 valence electrons. The maximum Gasteiger partial charge on any atom is 0.0538 e. The zero-order valence-electron chi connectivity index (χ0n) is 8.64. The van der Waals surface area contributed by atoms with Crippen molar-refractivity contribution >= 4 is 39.2 Å². The lowest BCUT2D eigenvalue weighted by molar-refractivity contribution is 0.590. The van der Waals surface area contributed by atoms with Crippen molar-refractivity contribution in [1.82, 2.24) is 0 Å². The molecule has 2 heteroatoms. The highest BCUT2D eigenvalue weighted by Crippen LogP contribution is 2.26. The van der Waals surface area contributed by atoms with Gasteiger partial charge in [-0.3, -0.25) is 0 Å². The fourth-order valence-electron chi connectivity index (χ4n) is 1.19. The summed E-state index contributed by atoms with van der Waals surface area (Å²) < 4.78 is 1.88. The van der Waals surface area contributed by atoms with Gasteiger partial charge in [-0.1, -0.05) is 79.2 Å². The summed E-state index contributed by atoms with van der Waals surface area (Å²) in [7, 11) is 0. The first kappa shape index (κ1) is 12.1. The average Bonchev–Trinajstić information content (AvgIpc) is 2.15. The molecule has 0 aromatic heterocycles. The summed E-state index contributed by atoms with van der Waals surface area (Å²) in [6.07, 6.45) is 0. The van der Waals surface area contributed by atoms with Crippen molar-refractivity contribution in [3.8, 4) is 0 Å². The van der Waals surface area contributed by atoms with E-state index in [-0.39, 0.29) is 5.41 Å². The average molecular weight is 321 g/mol. The second kappa shape index (κ2) is 4.67. The number of benzene rings is 1. The summed E-state index contributed by atoms with van der Waals surface area (Å²) in [5.74, 6) is 0. The van der Waals surface area contributed by atoms with Gasteiger partial charge in [-0.05, 0) is 20.6 Å². The van der Waals surface area contributed by atoms with E-state index in [2.05, 4.69) is 67.6 Å². The topological polar surface area (TPSA) is 0 Å². The van der Waals surface area contributed by atoms with Crippen LogP contribution in [0.4, 0.5) is 0 Å². The Morgan fingerprint density at radius 1 is 1.21 bits per heavy atom. The molecular weight excluding hydrogens is 306 g/mol. The summed E-state index contributed by atoms with van der Waals surface area (Å²) in [6.45, 7) is 6.62. The predicted molar refractivity (Wildman–Crippen MR) is 73.0 cm³/mol. The van der Waals surface area contributed by atoms with Crippen molar-refractivity contribution in [2.24, 2.45) is 0 Å². The van der Waals surface area contributed by atoms with Crippen molar-refractivity contribution in [3.63, 3.8) is 0 Å². The van der Waals surface area contributed by atoms with Crippen LogP contribution in [0.1, 0.15) is 31.9 Å². The van der Waals surface area contributed by atoms with Crippen LogP contribution in [-0.4, -0.2) is 0 Å². The highest BCUT2D eigenvalue weighted by atomic mass is 127. The summed E-state index contributed by atoms with van der Waals surface area (Å²) in [4.78, 5) is 0. The van der Waals surface area contributed by atoms with Gasteiger partial charge in [0, 0.05) is 0 Å². The third-order valence-electron chi connectivity index (χ3n) is 2.12. The fraction of sp³-hybridized carbons (Fsp3) is 0.333. The second-order valence-corrected chi connectivity index (χ2v) is 5.31. The molecule has 0 N–H and O–H groups in total. The maximum absolute atomic E-state index is 6.01.